The van der Waals surface area contributed by atoms with E-state index in [4.69, 9.17) is 15.2 Å². The van der Waals surface area contributed by atoms with Crippen LogP contribution in [0.1, 0.15) is 41.7 Å². The summed E-state index contributed by atoms with van der Waals surface area (Å²) in [5.74, 6) is -0.159. The van der Waals surface area contributed by atoms with Crippen LogP contribution >= 0.6 is 0 Å². The van der Waals surface area contributed by atoms with Gasteiger partial charge in [0.15, 0.2) is 0 Å². The smallest absolute Gasteiger partial charge is 0.255 e. The van der Waals surface area contributed by atoms with Crippen molar-refractivity contribution >= 4 is 33.2 Å². The second-order valence-electron chi connectivity index (χ2n) is 9.66. The minimum Gasteiger partial charge on any atom is -0.497 e. The molecule has 1 fully saturated rings. The zero-order valence-corrected chi connectivity index (χ0v) is 23.5. The molecular weight excluding hydrogens is 532 g/mol. The zero-order chi connectivity index (χ0) is 28.9. The molecule has 3 aromatic rings. The van der Waals surface area contributed by atoms with E-state index in [-0.39, 0.29) is 22.3 Å². The van der Waals surface area contributed by atoms with E-state index < -0.39 is 22.0 Å². The highest BCUT2D eigenvalue weighted by Crippen LogP contribution is 2.33. The second kappa shape index (κ2) is 12.4. The van der Waals surface area contributed by atoms with Crippen LogP contribution < -0.4 is 30.1 Å². The van der Waals surface area contributed by atoms with E-state index in [1.165, 1.54) is 20.3 Å². The molecule has 212 valence electrons. The van der Waals surface area contributed by atoms with Gasteiger partial charge in [0.1, 0.15) is 16.4 Å². The first-order valence-electron chi connectivity index (χ1n) is 12.9. The van der Waals surface area contributed by atoms with Gasteiger partial charge in [-0.15, -0.1) is 0 Å². The van der Waals surface area contributed by atoms with Gasteiger partial charge in [-0.05, 0) is 55.7 Å². The van der Waals surface area contributed by atoms with Gasteiger partial charge in [-0.25, -0.2) is 13.1 Å². The molecule has 0 aliphatic carbocycles. The van der Waals surface area contributed by atoms with Crippen LogP contribution in [-0.2, 0) is 14.8 Å². The summed E-state index contributed by atoms with van der Waals surface area (Å²) >= 11 is 0. The van der Waals surface area contributed by atoms with Gasteiger partial charge in [0.2, 0.25) is 15.9 Å². The Hall–Kier alpha value is -4.09. The molecule has 3 aromatic carbocycles. The predicted octanol–water partition coefficient (Wildman–Crippen LogP) is 3.70. The zero-order valence-electron chi connectivity index (χ0n) is 22.7. The summed E-state index contributed by atoms with van der Waals surface area (Å²) in [6.07, 6.45) is 1.05. The van der Waals surface area contributed by atoms with Crippen LogP contribution in [0, 0.1) is 5.92 Å². The largest absolute Gasteiger partial charge is 0.497 e. The minimum atomic E-state index is -4.04. The molecule has 4 rings (SSSR count). The Bertz CT molecular complexity index is 1450. The maximum atomic E-state index is 13.8. The summed E-state index contributed by atoms with van der Waals surface area (Å²) in [6, 6.07) is 18.3. The number of nitrogens with one attached hydrogen (secondary N) is 2. The fourth-order valence-electron chi connectivity index (χ4n) is 4.72. The van der Waals surface area contributed by atoms with Crippen LogP contribution in [-0.4, -0.2) is 47.5 Å². The van der Waals surface area contributed by atoms with Crippen molar-refractivity contribution in [2.75, 3.05) is 37.5 Å². The molecule has 0 bridgehead atoms. The highest BCUT2D eigenvalue weighted by Gasteiger charge is 2.29. The highest BCUT2D eigenvalue weighted by molar-refractivity contribution is 7.89. The Morgan fingerprint density at radius 3 is 2.15 bits per heavy atom. The Kier molecular flexibility index (Phi) is 8.96. The molecule has 10 nitrogen and oxygen atoms in total. The molecule has 11 heteroatoms. The number of rotatable bonds is 10. The minimum absolute atomic E-state index is 0.0221. The number of hydrogen-bond acceptors (Lipinski definition) is 7. The highest BCUT2D eigenvalue weighted by atomic mass is 32.2. The summed E-state index contributed by atoms with van der Waals surface area (Å²) < 4.78 is 40.8. The van der Waals surface area contributed by atoms with Crippen molar-refractivity contribution in [3.63, 3.8) is 0 Å². The van der Waals surface area contributed by atoms with Crippen molar-refractivity contribution in [2.24, 2.45) is 11.7 Å². The summed E-state index contributed by atoms with van der Waals surface area (Å²) in [6.45, 7) is 2.71. The maximum Gasteiger partial charge on any atom is 0.255 e. The van der Waals surface area contributed by atoms with Crippen molar-refractivity contribution < 1.29 is 27.5 Å². The van der Waals surface area contributed by atoms with Crippen molar-refractivity contribution in [3.8, 4) is 11.5 Å². The number of methoxy groups -OCH3 is 2. The Morgan fingerprint density at radius 1 is 0.950 bits per heavy atom. The second-order valence-corrected chi connectivity index (χ2v) is 11.3. The standard InChI is InChI=1S/C29H34N4O6S/c1-19(20-7-5-4-6-8-20)32-40(36,37)27-17-23(9-10-26(27)33-13-11-21(12-14-33)28(30)34)31-29(35)22-15-24(38-2)18-25(16-22)39-3/h4-10,15-19,21,32H,11-14H2,1-3H3,(H2,30,34)(H,31,35). The third-order valence-electron chi connectivity index (χ3n) is 6.99. The van der Waals surface area contributed by atoms with E-state index in [0.717, 1.165) is 5.56 Å². The Morgan fingerprint density at radius 2 is 1.57 bits per heavy atom. The quantitative estimate of drug-likeness (QED) is 0.340. The molecular formula is C29H34N4O6S. The van der Waals surface area contributed by atoms with Crippen LogP contribution in [0.3, 0.4) is 0 Å². The van der Waals surface area contributed by atoms with Gasteiger partial charge in [-0.2, -0.15) is 0 Å². The SMILES string of the molecule is COc1cc(OC)cc(C(=O)Nc2ccc(N3CCC(C(N)=O)CC3)c(S(=O)(=O)NC(C)c3ccccc3)c2)c1. The molecule has 1 heterocycles. The van der Waals surface area contributed by atoms with E-state index in [9.17, 15) is 18.0 Å². The number of benzene rings is 3. The van der Waals surface area contributed by atoms with E-state index in [2.05, 4.69) is 10.0 Å². The third-order valence-corrected chi connectivity index (χ3v) is 8.56. The molecule has 1 aliphatic heterocycles. The number of carbonyl (C=O) groups is 2. The molecule has 0 saturated carbocycles. The maximum absolute atomic E-state index is 13.8. The van der Waals surface area contributed by atoms with Gasteiger partial charge in [-0.1, -0.05) is 30.3 Å². The molecule has 0 aromatic heterocycles. The predicted molar refractivity (Wildman–Crippen MR) is 153 cm³/mol. The summed E-state index contributed by atoms with van der Waals surface area (Å²) in [4.78, 5) is 26.7. The number of sulfonamides is 1. The van der Waals surface area contributed by atoms with E-state index in [1.807, 2.05) is 35.2 Å². The average molecular weight is 567 g/mol. The lowest BCUT2D eigenvalue weighted by atomic mass is 9.96. The number of amides is 2. The monoisotopic (exact) mass is 566 g/mol. The molecule has 2 amide bonds. The van der Waals surface area contributed by atoms with E-state index >= 15 is 0 Å². The van der Waals surface area contributed by atoms with E-state index in [0.29, 0.717) is 48.8 Å². The average Bonchev–Trinajstić information content (AvgIpc) is 2.97. The van der Waals surface area contributed by atoms with Crippen molar-refractivity contribution in [3.05, 3.63) is 77.9 Å². The first kappa shape index (κ1) is 28.9. The van der Waals surface area contributed by atoms with E-state index in [1.54, 1.807) is 37.3 Å². The lowest BCUT2D eigenvalue weighted by molar-refractivity contribution is -0.122. The lowest BCUT2D eigenvalue weighted by Gasteiger charge is -2.33. The topological polar surface area (TPSA) is 140 Å². The fraction of sp³-hybridized carbons (Fsp3) is 0.310. The molecule has 1 unspecified atom stereocenters. The molecule has 1 atom stereocenters. The first-order chi connectivity index (χ1) is 19.1. The number of ether oxygens (including phenoxy) is 2. The lowest BCUT2D eigenvalue weighted by Crippen LogP contribution is -2.39. The number of nitrogens with zero attached hydrogens (tertiary/aromatic N) is 1. The van der Waals surface area contributed by atoms with Crippen molar-refractivity contribution in [2.45, 2.75) is 30.7 Å². The van der Waals surface area contributed by atoms with Crippen LogP contribution in [0.15, 0.2) is 71.6 Å². The summed E-state index contributed by atoms with van der Waals surface area (Å²) in [7, 11) is -1.06. The van der Waals surface area contributed by atoms with Gasteiger partial charge in [0, 0.05) is 42.4 Å². The van der Waals surface area contributed by atoms with Crippen molar-refractivity contribution in [1.82, 2.24) is 4.72 Å². The van der Waals surface area contributed by atoms with Crippen LogP contribution in [0.5, 0.6) is 11.5 Å². The Labute approximate surface area is 234 Å². The van der Waals surface area contributed by atoms with Gasteiger partial charge in [0.05, 0.1) is 19.9 Å². The number of primary amides is 1. The molecule has 1 aliphatic rings. The number of piperidine rings is 1. The van der Waals surface area contributed by atoms with Crippen molar-refractivity contribution in [1.29, 1.82) is 0 Å². The molecule has 4 N–H and O–H groups in total. The Balaban J connectivity index is 1.67. The first-order valence-corrected chi connectivity index (χ1v) is 14.4. The van der Waals surface area contributed by atoms with Gasteiger partial charge < -0.3 is 25.4 Å². The number of carbonyl (C=O) groups excluding carboxylic acids is 2. The summed E-state index contributed by atoms with van der Waals surface area (Å²) in [5, 5.41) is 2.79. The number of nitrogens with two attached hydrogens (primary N) is 1. The molecule has 1 saturated heterocycles. The normalized spacial score (nSPS) is 14.8. The van der Waals surface area contributed by atoms with Gasteiger partial charge in [0.25, 0.3) is 5.91 Å². The molecule has 0 radical (unpaired) electrons. The number of anilines is 2. The summed E-state index contributed by atoms with van der Waals surface area (Å²) in [5.41, 5.74) is 7.37. The van der Waals surface area contributed by atoms with Gasteiger partial charge in [-0.3, -0.25) is 9.59 Å². The number of hydrogen-bond donors (Lipinski definition) is 3. The van der Waals surface area contributed by atoms with Crippen LogP contribution in [0.25, 0.3) is 0 Å². The fourth-order valence-corrected chi connectivity index (χ4v) is 6.20. The third kappa shape index (κ3) is 6.72. The van der Waals surface area contributed by atoms with Crippen LogP contribution in [0.2, 0.25) is 0 Å². The molecule has 0 spiro atoms. The molecule has 40 heavy (non-hydrogen) atoms. The van der Waals surface area contributed by atoms with Gasteiger partial charge >= 0.3 is 0 Å². The van der Waals surface area contributed by atoms with Crippen LogP contribution in [0.4, 0.5) is 11.4 Å².